The van der Waals surface area contributed by atoms with E-state index >= 15 is 0 Å². The van der Waals surface area contributed by atoms with Crippen molar-refractivity contribution in [2.75, 3.05) is 12.8 Å². The van der Waals surface area contributed by atoms with E-state index in [-0.39, 0.29) is 6.54 Å². The SMILES string of the molecule is Cn1ccc2cc([C@H](O)CNS(C)(=O)=O)ccc21. The van der Waals surface area contributed by atoms with Gasteiger partial charge in [-0.05, 0) is 29.1 Å². The van der Waals surface area contributed by atoms with Gasteiger partial charge in [0.05, 0.1) is 12.4 Å². The Kier molecular flexibility index (Phi) is 3.43. The number of aromatic nitrogens is 1. The number of hydrogen-bond acceptors (Lipinski definition) is 3. The molecule has 0 amide bonds. The van der Waals surface area contributed by atoms with Gasteiger partial charge in [-0.3, -0.25) is 0 Å². The Balaban J connectivity index is 2.20. The molecule has 0 fully saturated rings. The minimum atomic E-state index is -3.28. The fraction of sp³-hybridized carbons (Fsp3) is 0.333. The highest BCUT2D eigenvalue weighted by molar-refractivity contribution is 7.88. The molecule has 0 aliphatic rings. The molecule has 2 aromatic rings. The van der Waals surface area contributed by atoms with Crippen LogP contribution in [0.15, 0.2) is 30.5 Å². The molecule has 0 aliphatic heterocycles. The Morgan fingerprint density at radius 1 is 1.39 bits per heavy atom. The summed E-state index contributed by atoms with van der Waals surface area (Å²) in [5, 5.41) is 10.9. The first kappa shape index (κ1) is 13.1. The lowest BCUT2D eigenvalue weighted by Crippen LogP contribution is -2.27. The molecule has 0 bridgehead atoms. The van der Waals surface area contributed by atoms with Crippen molar-refractivity contribution in [3.8, 4) is 0 Å². The molecule has 0 saturated heterocycles. The second-order valence-corrected chi connectivity index (χ2v) is 6.21. The third kappa shape index (κ3) is 2.90. The minimum Gasteiger partial charge on any atom is -0.387 e. The topological polar surface area (TPSA) is 71.3 Å². The number of nitrogens with zero attached hydrogens (tertiary/aromatic N) is 1. The van der Waals surface area contributed by atoms with E-state index in [1.54, 1.807) is 6.07 Å². The maximum Gasteiger partial charge on any atom is 0.208 e. The monoisotopic (exact) mass is 268 g/mol. The number of benzene rings is 1. The number of aryl methyl sites for hydroxylation is 1. The molecule has 0 aliphatic carbocycles. The summed E-state index contributed by atoms with van der Waals surface area (Å²) in [7, 11) is -1.33. The maximum absolute atomic E-state index is 11.0. The van der Waals surface area contributed by atoms with Crippen LogP contribution < -0.4 is 4.72 Å². The van der Waals surface area contributed by atoms with Crippen molar-refractivity contribution in [3.05, 3.63) is 36.0 Å². The maximum atomic E-state index is 11.0. The molecule has 1 atom stereocenters. The van der Waals surface area contributed by atoms with Crippen LogP contribution in [-0.4, -0.2) is 30.9 Å². The predicted molar refractivity (Wildman–Crippen MR) is 70.7 cm³/mol. The van der Waals surface area contributed by atoms with Crippen LogP contribution in [0.2, 0.25) is 0 Å². The highest BCUT2D eigenvalue weighted by atomic mass is 32.2. The summed E-state index contributed by atoms with van der Waals surface area (Å²) in [4.78, 5) is 0. The van der Waals surface area contributed by atoms with Crippen LogP contribution in [0, 0.1) is 0 Å². The van der Waals surface area contributed by atoms with Crippen molar-refractivity contribution < 1.29 is 13.5 Å². The number of aliphatic hydroxyl groups is 1. The lowest BCUT2D eigenvalue weighted by atomic mass is 10.1. The number of nitrogens with one attached hydrogen (secondary N) is 1. The van der Waals surface area contributed by atoms with Gasteiger partial charge in [0.2, 0.25) is 10.0 Å². The van der Waals surface area contributed by atoms with E-state index in [0.717, 1.165) is 17.2 Å². The fourth-order valence-corrected chi connectivity index (χ4v) is 2.32. The van der Waals surface area contributed by atoms with E-state index < -0.39 is 16.1 Å². The summed E-state index contributed by atoms with van der Waals surface area (Å²) >= 11 is 0. The van der Waals surface area contributed by atoms with Gasteiger partial charge in [0, 0.05) is 25.3 Å². The Bertz CT molecular complexity index is 661. The Labute approximate surface area is 106 Å². The van der Waals surface area contributed by atoms with Crippen LogP contribution in [0.3, 0.4) is 0 Å². The van der Waals surface area contributed by atoms with E-state index in [9.17, 15) is 13.5 Å². The Hall–Kier alpha value is -1.37. The zero-order valence-corrected chi connectivity index (χ0v) is 11.1. The summed E-state index contributed by atoms with van der Waals surface area (Å²) in [6.45, 7) is -0.0167. The normalized spacial score (nSPS) is 13.9. The molecule has 18 heavy (non-hydrogen) atoms. The molecule has 0 spiro atoms. The quantitative estimate of drug-likeness (QED) is 0.860. The van der Waals surface area contributed by atoms with Gasteiger partial charge in [-0.25, -0.2) is 13.1 Å². The Morgan fingerprint density at radius 2 is 2.11 bits per heavy atom. The molecule has 1 aromatic carbocycles. The van der Waals surface area contributed by atoms with Gasteiger partial charge in [0.15, 0.2) is 0 Å². The van der Waals surface area contributed by atoms with Gasteiger partial charge >= 0.3 is 0 Å². The molecular weight excluding hydrogens is 252 g/mol. The molecule has 0 unspecified atom stereocenters. The molecular formula is C12H16N2O3S. The number of rotatable bonds is 4. The van der Waals surface area contributed by atoms with Crippen LogP contribution in [0.1, 0.15) is 11.7 Å². The van der Waals surface area contributed by atoms with Crippen molar-refractivity contribution in [1.29, 1.82) is 0 Å². The van der Waals surface area contributed by atoms with E-state index in [2.05, 4.69) is 4.72 Å². The average molecular weight is 268 g/mol. The molecule has 0 radical (unpaired) electrons. The zero-order valence-electron chi connectivity index (χ0n) is 10.3. The zero-order chi connectivity index (χ0) is 13.3. The second kappa shape index (κ2) is 4.72. The van der Waals surface area contributed by atoms with Gasteiger partial charge in [0.1, 0.15) is 0 Å². The number of hydrogen-bond donors (Lipinski definition) is 2. The molecule has 2 rings (SSSR count). The van der Waals surface area contributed by atoms with Gasteiger partial charge in [-0.2, -0.15) is 0 Å². The average Bonchev–Trinajstić information content (AvgIpc) is 2.66. The summed E-state index contributed by atoms with van der Waals surface area (Å²) in [6, 6.07) is 7.53. The fourth-order valence-electron chi connectivity index (χ4n) is 1.86. The van der Waals surface area contributed by atoms with E-state index in [1.807, 2.05) is 36.0 Å². The standard InChI is InChI=1S/C12H16N2O3S/c1-14-6-5-9-7-10(3-4-11(9)14)12(15)8-13-18(2,16)17/h3-7,12-13,15H,8H2,1-2H3/t12-/m1/s1. The smallest absolute Gasteiger partial charge is 0.208 e. The third-order valence-corrected chi connectivity index (χ3v) is 3.52. The summed E-state index contributed by atoms with van der Waals surface area (Å²) in [6.07, 6.45) is 2.17. The molecule has 5 nitrogen and oxygen atoms in total. The first-order valence-electron chi connectivity index (χ1n) is 5.54. The first-order chi connectivity index (χ1) is 8.37. The van der Waals surface area contributed by atoms with Crippen molar-refractivity contribution >= 4 is 20.9 Å². The molecule has 98 valence electrons. The number of fused-ring (bicyclic) bond motifs is 1. The van der Waals surface area contributed by atoms with E-state index in [0.29, 0.717) is 5.56 Å². The van der Waals surface area contributed by atoms with Crippen molar-refractivity contribution in [1.82, 2.24) is 9.29 Å². The van der Waals surface area contributed by atoms with Gasteiger partial charge in [-0.15, -0.1) is 0 Å². The lowest BCUT2D eigenvalue weighted by molar-refractivity contribution is 0.182. The van der Waals surface area contributed by atoms with Crippen molar-refractivity contribution in [2.45, 2.75) is 6.10 Å². The highest BCUT2D eigenvalue weighted by Crippen LogP contribution is 2.20. The van der Waals surface area contributed by atoms with Crippen LogP contribution in [0.25, 0.3) is 10.9 Å². The predicted octanol–water partition coefficient (Wildman–Crippen LogP) is 0.761. The van der Waals surface area contributed by atoms with Crippen molar-refractivity contribution in [2.24, 2.45) is 7.05 Å². The van der Waals surface area contributed by atoms with E-state index in [1.165, 1.54) is 0 Å². The lowest BCUT2D eigenvalue weighted by Gasteiger charge is -2.11. The number of sulfonamides is 1. The molecule has 6 heteroatoms. The molecule has 0 saturated carbocycles. The van der Waals surface area contributed by atoms with E-state index in [4.69, 9.17) is 0 Å². The minimum absolute atomic E-state index is 0.0167. The van der Waals surface area contributed by atoms with Crippen LogP contribution in [-0.2, 0) is 17.1 Å². The number of aliphatic hydroxyl groups excluding tert-OH is 1. The van der Waals surface area contributed by atoms with Crippen molar-refractivity contribution in [3.63, 3.8) is 0 Å². The van der Waals surface area contributed by atoms with Gasteiger partial charge < -0.3 is 9.67 Å². The summed E-state index contributed by atoms with van der Waals surface area (Å²) in [5.41, 5.74) is 1.77. The largest absolute Gasteiger partial charge is 0.387 e. The molecule has 1 aromatic heterocycles. The second-order valence-electron chi connectivity index (χ2n) is 4.38. The Morgan fingerprint density at radius 3 is 2.78 bits per heavy atom. The summed E-state index contributed by atoms with van der Waals surface area (Å²) < 4.78 is 26.2. The van der Waals surface area contributed by atoms with Crippen LogP contribution >= 0.6 is 0 Å². The molecule has 1 heterocycles. The third-order valence-electron chi connectivity index (χ3n) is 2.83. The summed E-state index contributed by atoms with van der Waals surface area (Å²) in [5.74, 6) is 0. The van der Waals surface area contributed by atoms with Gasteiger partial charge in [-0.1, -0.05) is 6.07 Å². The highest BCUT2D eigenvalue weighted by Gasteiger charge is 2.11. The van der Waals surface area contributed by atoms with Crippen LogP contribution in [0.5, 0.6) is 0 Å². The molecule has 2 N–H and O–H groups in total. The van der Waals surface area contributed by atoms with Gasteiger partial charge in [0.25, 0.3) is 0 Å². The first-order valence-corrected chi connectivity index (χ1v) is 7.43. The van der Waals surface area contributed by atoms with Crippen LogP contribution in [0.4, 0.5) is 0 Å².